The number of carbonyl (C=O) groups is 3. The SMILES string of the molecule is C[C@@H](OC(=O)c1ccc2ncsc2c1)C(=O)c1ccc(NC(=O)C(C)(C)C)cc1. The van der Waals surface area contributed by atoms with Crippen molar-refractivity contribution in [2.24, 2.45) is 5.41 Å². The highest BCUT2D eigenvalue weighted by atomic mass is 32.1. The molecule has 0 saturated heterocycles. The van der Waals surface area contributed by atoms with E-state index in [1.54, 1.807) is 54.9 Å². The first-order valence-electron chi connectivity index (χ1n) is 9.15. The van der Waals surface area contributed by atoms with E-state index in [1.165, 1.54) is 11.3 Å². The molecule has 1 atom stereocenters. The minimum atomic E-state index is -0.935. The number of aromatic nitrogens is 1. The molecule has 0 aliphatic heterocycles. The lowest BCUT2D eigenvalue weighted by Crippen LogP contribution is -2.27. The second-order valence-electron chi connectivity index (χ2n) is 7.73. The summed E-state index contributed by atoms with van der Waals surface area (Å²) in [5, 5.41) is 2.80. The number of hydrogen-bond acceptors (Lipinski definition) is 6. The molecule has 0 fully saturated rings. The fraction of sp³-hybridized carbons (Fsp3) is 0.273. The maximum atomic E-state index is 12.6. The lowest BCUT2D eigenvalue weighted by molar-refractivity contribution is -0.123. The number of nitrogens with zero attached hydrogens (tertiary/aromatic N) is 1. The molecule has 7 heteroatoms. The first-order chi connectivity index (χ1) is 13.6. The molecule has 3 rings (SSSR count). The first kappa shape index (κ1) is 20.7. The molecule has 0 aliphatic rings. The van der Waals surface area contributed by atoms with Gasteiger partial charge in [-0.3, -0.25) is 9.59 Å². The van der Waals surface area contributed by atoms with Crippen molar-refractivity contribution in [1.29, 1.82) is 0 Å². The first-order valence-corrected chi connectivity index (χ1v) is 10.0. The average molecular weight is 410 g/mol. The summed E-state index contributed by atoms with van der Waals surface area (Å²) in [7, 11) is 0. The van der Waals surface area contributed by atoms with Crippen molar-refractivity contribution in [2.75, 3.05) is 5.32 Å². The Morgan fingerprint density at radius 2 is 1.69 bits per heavy atom. The molecule has 0 bridgehead atoms. The second-order valence-corrected chi connectivity index (χ2v) is 8.61. The summed E-state index contributed by atoms with van der Waals surface area (Å²) in [4.78, 5) is 41.2. The Balaban J connectivity index is 1.64. The molecule has 0 unspecified atom stereocenters. The van der Waals surface area contributed by atoms with Crippen molar-refractivity contribution in [3.05, 3.63) is 59.1 Å². The number of amides is 1. The van der Waals surface area contributed by atoms with Gasteiger partial charge in [0.2, 0.25) is 11.7 Å². The summed E-state index contributed by atoms with van der Waals surface area (Å²) >= 11 is 1.43. The molecular weight excluding hydrogens is 388 g/mol. The smallest absolute Gasteiger partial charge is 0.338 e. The number of ketones is 1. The van der Waals surface area contributed by atoms with Crippen LogP contribution in [0.2, 0.25) is 0 Å². The number of ether oxygens (including phenoxy) is 1. The van der Waals surface area contributed by atoms with Gasteiger partial charge in [-0.05, 0) is 49.4 Å². The van der Waals surface area contributed by atoms with E-state index in [0.29, 0.717) is 16.8 Å². The number of benzene rings is 2. The zero-order valence-electron chi connectivity index (χ0n) is 16.7. The molecule has 150 valence electrons. The summed E-state index contributed by atoms with van der Waals surface area (Å²) in [6.07, 6.45) is -0.935. The summed E-state index contributed by atoms with van der Waals surface area (Å²) in [5.41, 5.74) is 3.38. The van der Waals surface area contributed by atoms with Crippen molar-refractivity contribution in [2.45, 2.75) is 33.8 Å². The number of esters is 1. The van der Waals surface area contributed by atoms with Crippen LogP contribution >= 0.6 is 11.3 Å². The van der Waals surface area contributed by atoms with Gasteiger partial charge in [0.25, 0.3) is 0 Å². The highest BCUT2D eigenvalue weighted by molar-refractivity contribution is 7.16. The van der Waals surface area contributed by atoms with Crippen molar-refractivity contribution >= 4 is 44.9 Å². The van der Waals surface area contributed by atoms with Gasteiger partial charge < -0.3 is 10.1 Å². The summed E-state index contributed by atoms with van der Waals surface area (Å²) in [5.74, 6) is -0.988. The Morgan fingerprint density at radius 3 is 2.34 bits per heavy atom. The standard InChI is InChI=1S/C22H22N2O4S/c1-13(28-20(26)15-7-10-17-18(11-15)29-12-23-17)19(25)14-5-8-16(9-6-14)24-21(27)22(2,3)4/h5-13H,1-4H3,(H,24,27)/t13-/m1/s1. The van der Waals surface area contributed by atoms with Crippen molar-refractivity contribution < 1.29 is 19.1 Å². The number of Topliss-reactive ketones (excluding diaryl/α,β-unsaturated/α-hetero) is 1. The molecule has 0 spiro atoms. The van der Waals surface area contributed by atoms with Gasteiger partial charge in [0.05, 0.1) is 21.3 Å². The molecule has 29 heavy (non-hydrogen) atoms. The zero-order chi connectivity index (χ0) is 21.2. The Bertz CT molecular complexity index is 1060. The van der Waals surface area contributed by atoms with Gasteiger partial charge in [0.1, 0.15) is 0 Å². The molecule has 0 aliphatic carbocycles. The normalized spacial score (nSPS) is 12.4. The van der Waals surface area contributed by atoms with E-state index in [0.717, 1.165) is 10.2 Å². The number of thiazole rings is 1. The largest absolute Gasteiger partial charge is 0.451 e. The number of rotatable bonds is 5. The van der Waals surface area contributed by atoms with Crippen LogP contribution in [0.25, 0.3) is 10.2 Å². The van der Waals surface area contributed by atoms with Gasteiger partial charge in [-0.25, -0.2) is 9.78 Å². The van der Waals surface area contributed by atoms with Gasteiger partial charge in [0.15, 0.2) is 6.10 Å². The van der Waals surface area contributed by atoms with Crippen molar-refractivity contribution in [1.82, 2.24) is 4.98 Å². The van der Waals surface area contributed by atoms with Crippen LogP contribution in [0.15, 0.2) is 48.0 Å². The molecule has 2 aromatic carbocycles. The van der Waals surface area contributed by atoms with Gasteiger partial charge in [-0.2, -0.15) is 0 Å². The van der Waals surface area contributed by atoms with E-state index in [9.17, 15) is 14.4 Å². The fourth-order valence-corrected chi connectivity index (χ4v) is 3.25. The van der Waals surface area contributed by atoms with Gasteiger partial charge in [-0.1, -0.05) is 20.8 Å². The van der Waals surface area contributed by atoms with E-state index in [4.69, 9.17) is 4.74 Å². The highest BCUT2D eigenvalue weighted by Gasteiger charge is 2.23. The Labute approximate surface area is 172 Å². The lowest BCUT2D eigenvalue weighted by atomic mass is 9.95. The monoisotopic (exact) mass is 410 g/mol. The van der Waals surface area contributed by atoms with Crippen LogP contribution in [-0.2, 0) is 9.53 Å². The molecule has 1 aromatic heterocycles. The van der Waals surface area contributed by atoms with Crippen LogP contribution in [0, 0.1) is 5.41 Å². The number of fused-ring (bicyclic) bond motifs is 1. The zero-order valence-corrected chi connectivity index (χ0v) is 17.5. The molecule has 1 heterocycles. The van der Waals surface area contributed by atoms with Crippen LogP contribution in [0.5, 0.6) is 0 Å². The third kappa shape index (κ3) is 4.86. The van der Waals surface area contributed by atoms with E-state index in [-0.39, 0.29) is 11.7 Å². The summed E-state index contributed by atoms with van der Waals surface area (Å²) in [6, 6.07) is 11.6. The van der Waals surface area contributed by atoms with Crippen LogP contribution in [-0.4, -0.2) is 28.7 Å². The van der Waals surface area contributed by atoms with Crippen LogP contribution in [0.4, 0.5) is 5.69 Å². The quantitative estimate of drug-likeness (QED) is 0.486. The van der Waals surface area contributed by atoms with Gasteiger partial charge in [-0.15, -0.1) is 11.3 Å². The maximum Gasteiger partial charge on any atom is 0.338 e. The highest BCUT2D eigenvalue weighted by Crippen LogP contribution is 2.21. The van der Waals surface area contributed by atoms with Gasteiger partial charge >= 0.3 is 5.97 Å². The third-order valence-electron chi connectivity index (χ3n) is 4.33. The second kappa shape index (κ2) is 8.13. The van der Waals surface area contributed by atoms with E-state index >= 15 is 0 Å². The topological polar surface area (TPSA) is 85.4 Å². The Kier molecular flexibility index (Phi) is 5.79. The predicted octanol–water partition coefficient (Wildman–Crippen LogP) is 4.71. The number of carbonyl (C=O) groups excluding carboxylic acids is 3. The molecule has 3 aromatic rings. The van der Waals surface area contributed by atoms with Crippen molar-refractivity contribution in [3.63, 3.8) is 0 Å². The number of nitrogens with one attached hydrogen (secondary N) is 1. The lowest BCUT2D eigenvalue weighted by Gasteiger charge is -2.18. The molecule has 1 amide bonds. The average Bonchev–Trinajstić information content (AvgIpc) is 3.15. The van der Waals surface area contributed by atoms with Crippen LogP contribution in [0.1, 0.15) is 48.4 Å². The minimum absolute atomic E-state index is 0.114. The molecular formula is C22H22N2O4S. The molecule has 6 nitrogen and oxygen atoms in total. The Morgan fingerprint density at radius 1 is 1.03 bits per heavy atom. The molecule has 0 radical (unpaired) electrons. The van der Waals surface area contributed by atoms with E-state index in [1.807, 2.05) is 20.8 Å². The fourth-order valence-electron chi connectivity index (χ4n) is 2.54. The molecule has 1 N–H and O–H groups in total. The van der Waals surface area contributed by atoms with Crippen molar-refractivity contribution in [3.8, 4) is 0 Å². The maximum absolute atomic E-state index is 12.6. The third-order valence-corrected chi connectivity index (χ3v) is 5.12. The van der Waals surface area contributed by atoms with Gasteiger partial charge in [0, 0.05) is 16.7 Å². The predicted molar refractivity (Wildman–Crippen MR) is 113 cm³/mol. The van der Waals surface area contributed by atoms with E-state index < -0.39 is 17.5 Å². The Hall–Kier alpha value is -3.06. The number of anilines is 1. The van der Waals surface area contributed by atoms with E-state index in [2.05, 4.69) is 10.3 Å². The summed E-state index contributed by atoms with van der Waals surface area (Å²) < 4.78 is 6.22. The minimum Gasteiger partial charge on any atom is -0.451 e. The van der Waals surface area contributed by atoms with Crippen LogP contribution < -0.4 is 5.32 Å². The molecule has 0 saturated carbocycles. The van der Waals surface area contributed by atoms with Crippen LogP contribution in [0.3, 0.4) is 0 Å². The summed E-state index contributed by atoms with van der Waals surface area (Å²) in [6.45, 7) is 7.01. The number of hydrogen-bond donors (Lipinski definition) is 1.